The predicted octanol–water partition coefficient (Wildman–Crippen LogP) is 3.84. The molecule has 140 valence electrons. The van der Waals surface area contributed by atoms with Crippen molar-refractivity contribution in [2.75, 3.05) is 0 Å². The molecule has 0 spiro atoms. The maximum Gasteiger partial charge on any atom is 0.316 e. The first-order valence-corrected chi connectivity index (χ1v) is 8.77. The van der Waals surface area contributed by atoms with Crippen molar-refractivity contribution in [2.24, 2.45) is 10.2 Å². The van der Waals surface area contributed by atoms with Crippen molar-refractivity contribution in [1.29, 1.82) is 0 Å². The number of nitrogens with one attached hydrogen (secondary N) is 1. The third-order valence-electron chi connectivity index (χ3n) is 4.52. The average molecular weight is 375 g/mol. The maximum absolute atomic E-state index is 12.7. The van der Waals surface area contributed by atoms with E-state index < -0.39 is 5.91 Å². The number of fused-ring (bicyclic) bond motifs is 2. The minimum atomic E-state index is -0.695. The summed E-state index contributed by atoms with van der Waals surface area (Å²) in [6, 6.07) is 12.3. The van der Waals surface area contributed by atoms with Gasteiger partial charge in [-0.1, -0.05) is 29.8 Å². The Kier molecular flexibility index (Phi) is 4.23. The third kappa shape index (κ3) is 2.84. The highest BCUT2D eigenvalue weighted by Crippen LogP contribution is 2.36. The molecular formula is C20H17N5O3. The second-order valence-corrected chi connectivity index (χ2v) is 6.39. The van der Waals surface area contributed by atoms with E-state index in [0.717, 1.165) is 5.56 Å². The van der Waals surface area contributed by atoms with E-state index in [0.29, 0.717) is 28.2 Å². The van der Waals surface area contributed by atoms with Crippen LogP contribution in [-0.2, 0) is 6.54 Å². The van der Waals surface area contributed by atoms with Gasteiger partial charge in [0.15, 0.2) is 11.4 Å². The first-order chi connectivity index (χ1) is 13.5. The summed E-state index contributed by atoms with van der Waals surface area (Å²) in [5.41, 5.74) is 1.62. The molecule has 2 aromatic heterocycles. The molecule has 0 unspecified atom stereocenters. The largest absolute Gasteiger partial charge is 0.493 e. The van der Waals surface area contributed by atoms with Crippen LogP contribution in [0, 0.1) is 6.92 Å². The highest BCUT2D eigenvalue weighted by Gasteiger charge is 2.17. The molecule has 0 radical (unpaired) electrons. The topological polar surface area (TPSA) is 113 Å². The van der Waals surface area contributed by atoms with Gasteiger partial charge >= 0.3 is 5.91 Å². The number of hydrogen-bond acceptors (Lipinski definition) is 5. The number of rotatable bonds is 3. The van der Waals surface area contributed by atoms with Crippen molar-refractivity contribution in [3.05, 3.63) is 64.1 Å². The van der Waals surface area contributed by atoms with Gasteiger partial charge in [0.25, 0.3) is 5.56 Å². The lowest BCUT2D eigenvalue weighted by Gasteiger charge is -2.06. The van der Waals surface area contributed by atoms with Crippen molar-refractivity contribution >= 4 is 33.3 Å². The lowest BCUT2D eigenvalue weighted by molar-refractivity contribution is 0.0990. The molecule has 2 aromatic carbocycles. The van der Waals surface area contributed by atoms with Crippen LogP contribution >= 0.6 is 0 Å². The first kappa shape index (κ1) is 17.6. The van der Waals surface area contributed by atoms with Crippen LogP contribution in [-0.4, -0.2) is 25.8 Å². The number of aryl methyl sites for hydroxylation is 2. The van der Waals surface area contributed by atoms with Crippen molar-refractivity contribution in [3.63, 3.8) is 0 Å². The number of azo groups is 1. The summed E-state index contributed by atoms with van der Waals surface area (Å²) in [5, 5.41) is 23.5. The van der Waals surface area contributed by atoms with E-state index in [1.807, 2.05) is 25.1 Å². The van der Waals surface area contributed by atoms with Gasteiger partial charge in [-0.25, -0.2) is 4.68 Å². The summed E-state index contributed by atoms with van der Waals surface area (Å²) in [4.78, 5) is 27.9. The van der Waals surface area contributed by atoms with Gasteiger partial charge in [0.05, 0.1) is 10.9 Å². The van der Waals surface area contributed by atoms with Crippen LogP contribution in [0.1, 0.15) is 23.0 Å². The molecule has 0 atom stereocenters. The Labute approximate surface area is 159 Å². The molecule has 0 fully saturated rings. The molecule has 0 aliphatic rings. The Morgan fingerprint density at radius 1 is 1.18 bits per heavy atom. The minimum Gasteiger partial charge on any atom is -0.493 e. The van der Waals surface area contributed by atoms with Crippen LogP contribution in [0.2, 0.25) is 0 Å². The predicted molar refractivity (Wildman–Crippen MR) is 105 cm³/mol. The van der Waals surface area contributed by atoms with Crippen molar-refractivity contribution < 1.29 is 9.90 Å². The van der Waals surface area contributed by atoms with E-state index >= 15 is 0 Å². The van der Waals surface area contributed by atoms with Gasteiger partial charge in [0.1, 0.15) is 0 Å². The fourth-order valence-corrected chi connectivity index (χ4v) is 3.13. The Hall–Kier alpha value is -3.81. The van der Waals surface area contributed by atoms with Gasteiger partial charge in [0, 0.05) is 17.3 Å². The number of hydrogen-bond donors (Lipinski definition) is 2. The maximum atomic E-state index is 12.7. The zero-order chi connectivity index (χ0) is 19.8. The van der Waals surface area contributed by atoms with Gasteiger partial charge in [0.2, 0.25) is 5.88 Å². The molecule has 0 bridgehead atoms. The normalized spacial score (nSPS) is 11.6. The number of aromatic hydroxyl groups is 1. The smallest absolute Gasteiger partial charge is 0.316 e. The molecule has 2 N–H and O–H groups in total. The quantitative estimate of drug-likeness (QED) is 0.530. The average Bonchev–Trinajstić information content (AvgIpc) is 3.01. The summed E-state index contributed by atoms with van der Waals surface area (Å²) in [5.74, 6) is -0.867. The molecule has 4 aromatic rings. The van der Waals surface area contributed by atoms with Crippen LogP contribution in [0.15, 0.2) is 57.5 Å². The molecule has 8 nitrogen and oxygen atoms in total. The van der Waals surface area contributed by atoms with Crippen molar-refractivity contribution in [3.8, 4) is 5.88 Å². The zero-order valence-corrected chi connectivity index (χ0v) is 15.3. The summed E-state index contributed by atoms with van der Waals surface area (Å²) in [6.07, 6.45) is 0. The summed E-state index contributed by atoms with van der Waals surface area (Å²) in [6.45, 7) is 4.01. The fourth-order valence-electron chi connectivity index (χ4n) is 3.13. The van der Waals surface area contributed by atoms with E-state index in [2.05, 4.69) is 20.3 Å². The SMILES string of the molecule is CCn1nc(C(=O)N=Nc2c(O)[nH]c3ccc(C)cc23)c2ccccc2c1=O. The Morgan fingerprint density at radius 3 is 2.68 bits per heavy atom. The standard InChI is InChI=1S/C20H17N5O3/c1-3-25-20(28)13-7-5-4-6-12(13)17(24-25)19(27)23-22-16-14-10-11(2)8-9-15(14)21-18(16)26/h4-10,21,26H,3H2,1-2H3. The molecular weight excluding hydrogens is 358 g/mol. The van der Waals surface area contributed by atoms with Crippen LogP contribution in [0.25, 0.3) is 21.7 Å². The lowest BCUT2D eigenvalue weighted by atomic mass is 10.1. The van der Waals surface area contributed by atoms with E-state index in [4.69, 9.17) is 0 Å². The molecule has 8 heteroatoms. The fraction of sp³-hybridized carbons (Fsp3) is 0.150. The van der Waals surface area contributed by atoms with Gasteiger partial charge < -0.3 is 10.1 Å². The number of nitrogens with zero attached hydrogens (tertiary/aromatic N) is 4. The van der Waals surface area contributed by atoms with Crippen LogP contribution in [0.4, 0.5) is 5.69 Å². The molecule has 4 rings (SSSR count). The molecule has 28 heavy (non-hydrogen) atoms. The van der Waals surface area contributed by atoms with Crippen molar-refractivity contribution in [2.45, 2.75) is 20.4 Å². The van der Waals surface area contributed by atoms with Gasteiger partial charge in [-0.15, -0.1) is 10.2 Å². The van der Waals surface area contributed by atoms with E-state index in [-0.39, 0.29) is 22.8 Å². The number of benzene rings is 2. The number of aromatic nitrogens is 3. The minimum absolute atomic E-state index is 0.0383. The van der Waals surface area contributed by atoms with Gasteiger partial charge in [-0.05, 0) is 32.0 Å². The molecule has 1 amide bonds. The number of carbonyl (C=O) groups is 1. The number of H-pyrrole nitrogens is 1. The molecule has 0 aliphatic heterocycles. The second-order valence-electron chi connectivity index (χ2n) is 6.39. The monoisotopic (exact) mass is 375 g/mol. The molecule has 0 saturated heterocycles. The summed E-state index contributed by atoms with van der Waals surface area (Å²) in [7, 11) is 0. The molecule has 0 saturated carbocycles. The first-order valence-electron chi connectivity index (χ1n) is 8.77. The molecule has 0 aliphatic carbocycles. The summed E-state index contributed by atoms with van der Waals surface area (Å²) < 4.78 is 1.22. The van der Waals surface area contributed by atoms with Crippen LogP contribution < -0.4 is 5.56 Å². The highest BCUT2D eigenvalue weighted by molar-refractivity contribution is 6.05. The number of amides is 1. The Morgan fingerprint density at radius 2 is 1.93 bits per heavy atom. The Balaban J connectivity index is 1.82. The Bertz CT molecular complexity index is 1320. The van der Waals surface area contributed by atoms with Crippen LogP contribution in [0.3, 0.4) is 0 Å². The number of carbonyl (C=O) groups excluding carboxylic acids is 1. The zero-order valence-electron chi connectivity index (χ0n) is 15.3. The third-order valence-corrected chi connectivity index (χ3v) is 4.52. The van der Waals surface area contributed by atoms with Gasteiger partial charge in [-0.2, -0.15) is 5.10 Å². The van der Waals surface area contributed by atoms with Crippen molar-refractivity contribution in [1.82, 2.24) is 14.8 Å². The second kappa shape index (κ2) is 6.73. The highest BCUT2D eigenvalue weighted by atomic mass is 16.3. The van der Waals surface area contributed by atoms with E-state index in [9.17, 15) is 14.7 Å². The molecule has 2 heterocycles. The van der Waals surface area contributed by atoms with E-state index in [1.54, 1.807) is 31.2 Å². The van der Waals surface area contributed by atoms with Gasteiger partial charge in [-0.3, -0.25) is 9.59 Å². The van der Waals surface area contributed by atoms with Crippen LogP contribution in [0.5, 0.6) is 5.88 Å². The summed E-state index contributed by atoms with van der Waals surface area (Å²) >= 11 is 0. The lowest BCUT2D eigenvalue weighted by Crippen LogP contribution is -2.24. The van der Waals surface area contributed by atoms with E-state index in [1.165, 1.54) is 4.68 Å². The number of aromatic amines is 1.